The Morgan fingerprint density at radius 3 is 2.26 bits per heavy atom. The maximum absolute atomic E-state index is 13.5. The molecule has 1 saturated heterocycles. The lowest BCUT2D eigenvalue weighted by Crippen LogP contribution is -2.56. The van der Waals surface area contributed by atoms with Crippen molar-refractivity contribution in [2.75, 3.05) is 26.2 Å². The van der Waals surface area contributed by atoms with E-state index < -0.39 is 41.0 Å². The number of amides is 1. The number of aromatic nitrogens is 1. The second-order valence-corrected chi connectivity index (χ2v) is 9.68. The highest BCUT2D eigenvalue weighted by Gasteiger charge is 2.39. The van der Waals surface area contributed by atoms with Crippen molar-refractivity contribution in [1.29, 1.82) is 0 Å². The number of rotatable bonds is 6. The molecule has 0 bridgehead atoms. The van der Waals surface area contributed by atoms with Gasteiger partial charge in [0, 0.05) is 50.2 Å². The van der Waals surface area contributed by atoms with Crippen molar-refractivity contribution in [3.05, 3.63) is 94.3 Å². The molecule has 1 aromatic heterocycles. The van der Waals surface area contributed by atoms with Crippen LogP contribution in [0.15, 0.2) is 60.9 Å². The van der Waals surface area contributed by atoms with Gasteiger partial charge < -0.3 is 10.0 Å². The Morgan fingerprint density at radius 2 is 1.67 bits per heavy atom. The number of carbonyl (C=O) groups excluding carboxylic acids is 1. The van der Waals surface area contributed by atoms with Gasteiger partial charge in [0.05, 0.1) is 11.1 Å². The number of hydrogen-bond donors (Lipinski definition) is 1. The van der Waals surface area contributed by atoms with Crippen LogP contribution in [0, 0.1) is 6.92 Å². The third-order valence-corrected chi connectivity index (χ3v) is 6.85. The molecule has 5 nitrogen and oxygen atoms in total. The van der Waals surface area contributed by atoms with Crippen LogP contribution in [0.4, 0.5) is 26.3 Å². The number of aromatic hydroxyl groups is 1. The molecule has 2 heterocycles. The lowest BCUT2D eigenvalue weighted by atomic mass is 9.98. The summed E-state index contributed by atoms with van der Waals surface area (Å²) in [5.41, 5.74) is -1.38. The zero-order chi connectivity index (χ0) is 28.4. The first-order valence-electron chi connectivity index (χ1n) is 12.3. The Hall–Kier alpha value is -3.60. The number of piperazine rings is 1. The van der Waals surface area contributed by atoms with Crippen LogP contribution in [0.2, 0.25) is 0 Å². The van der Waals surface area contributed by atoms with E-state index in [4.69, 9.17) is 0 Å². The van der Waals surface area contributed by atoms with Gasteiger partial charge in [0.1, 0.15) is 5.75 Å². The number of alkyl halides is 6. The van der Waals surface area contributed by atoms with E-state index in [1.165, 1.54) is 4.90 Å². The quantitative estimate of drug-likeness (QED) is 0.397. The van der Waals surface area contributed by atoms with E-state index in [9.17, 15) is 36.2 Å². The second kappa shape index (κ2) is 11.3. The number of hydrogen-bond acceptors (Lipinski definition) is 4. The van der Waals surface area contributed by atoms with Gasteiger partial charge in [-0.05, 0) is 66.8 Å². The molecule has 1 atom stereocenters. The van der Waals surface area contributed by atoms with E-state index in [-0.39, 0.29) is 24.8 Å². The molecule has 4 rings (SSSR count). The first kappa shape index (κ1) is 28.4. The fourth-order valence-corrected chi connectivity index (χ4v) is 4.70. The van der Waals surface area contributed by atoms with Gasteiger partial charge >= 0.3 is 12.4 Å². The predicted octanol–water partition coefficient (Wildman–Crippen LogP) is 5.75. The van der Waals surface area contributed by atoms with Gasteiger partial charge in [-0.25, -0.2) is 0 Å². The summed E-state index contributed by atoms with van der Waals surface area (Å²) >= 11 is 0. The number of benzene rings is 2. The normalized spacial score (nSPS) is 16.9. The monoisotopic (exact) mass is 551 g/mol. The molecule has 39 heavy (non-hydrogen) atoms. The SMILES string of the molecule is Cc1ccc(C[C@@H]2CN(CCc3cccnc3)CCN2C(=O)c2cc(C(F)(F)F)cc(C(F)(F)F)c2)cc1O. The van der Waals surface area contributed by atoms with Crippen molar-refractivity contribution in [2.24, 2.45) is 0 Å². The number of aryl methyl sites for hydroxylation is 1. The molecule has 0 unspecified atom stereocenters. The van der Waals surface area contributed by atoms with Crippen molar-refractivity contribution in [1.82, 2.24) is 14.8 Å². The van der Waals surface area contributed by atoms with E-state index in [2.05, 4.69) is 9.88 Å². The molecular formula is C28H27F6N3O2. The molecule has 1 fully saturated rings. The third kappa shape index (κ3) is 7.08. The number of halogens is 6. The largest absolute Gasteiger partial charge is 0.508 e. The molecule has 3 aromatic rings. The number of phenols is 1. The minimum atomic E-state index is -5.06. The van der Waals surface area contributed by atoms with Crippen molar-refractivity contribution in [3.63, 3.8) is 0 Å². The summed E-state index contributed by atoms with van der Waals surface area (Å²) in [6, 6.07) is 9.21. The van der Waals surface area contributed by atoms with Gasteiger partial charge in [-0.1, -0.05) is 18.2 Å². The number of nitrogens with zero attached hydrogens (tertiary/aromatic N) is 3. The summed E-state index contributed by atoms with van der Waals surface area (Å²) in [5, 5.41) is 10.1. The van der Waals surface area contributed by atoms with Gasteiger partial charge in [-0.3, -0.25) is 14.7 Å². The van der Waals surface area contributed by atoms with E-state index in [0.29, 0.717) is 49.3 Å². The smallest absolute Gasteiger partial charge is 0.416 e. The van der Waals surface area contributed by atoms with Crippen LogP contribution < -0.4 is 0 Å². The Morgan fingerprint density at radius 1 is 0.974 bits per heavy atom. The maximum Gasteiger partial charge on any atom is 0.416 e. The number of pyridine rings is 1. The molecule has 1 aliphatic heterocycles. The van der Waals surface area contributed by atoms with Gasteiger partial charge in [-0.15, -0.1) is 0 Å². The maximum atomic E-state index is 13.5. The van der Waals surface area contributed by atoms with E-state index >= 15 is 0 Å². The highest BCUT2D eigenvalue weighted by atomic mass is 19.4. The summed E-state index contributed by atoms with van der Waals surface area (Å²) in [4.78, 5) is 21.0. The highest BCUT2D eigenvalue weighted by Crippen LogP contribution is 2.37. The average molecular weight is 552 g/mol. The van der Waals surface area contributed by atoms with Gasteiger partial charge in [0.15, 0.2) is 0 Å². The first-order valence-corrected chi connectivity index (χ1v) is 12.3. The lowest BCUT2D eigenvalue weighted by Gasteiger charge is -2.42. The lowest BCUT2D eigenvalue weighted by molar-refractivity contribution is -0.143. The van der Waals surface area contributed by atoms with Crippen molar-refractivity contribution >= 4 is 5.91 Å². The summed E-state index contributed by atoms with van der Waals surface area (Å²) in [7, 11) is 0. The second-order valence-electron chi connectivity index (χ2n) is 9.68. The molecule has 0 radical (unpaired) electrons. The van der Waals surface area contributed by atoms with Crippen LogP contribution in [0.1, 0.15) is 38.2 Å². The summed E-state index contributed by atoms with van der Waals surface area (Å²) in [5.74, 6) is -0.845. The van der Waals surface area contributed by atoms with E-state index in [0.717, 1.165) is 5.56 Å². The molecule has 0 spiro atoms. The number of phenolic OH excluding ortho intramolecular Hbond substituents is 1. The van der Waals surface area contributed by atoms with Gasteiger partial charge in [0.25, 0.3) is 5.91 Å². The summed E-state index contributed by atoms with van der Waals surface area (Å²) in [6.45, 7) is 3.22. The van der Waals surface area contributed by atoms with Crippen molar-refractivity contribution in [3.8, 4) is 5.75 Å². The Balaban J connectivity index is 1.63. The van der Waals surface area contributed by atoms with Crippen LogP contribution >= 0.6 is 0 Å². The van der Waals surface area contributed by atoms with Crippen LogP contribution in [-0.2, 0) is 25.2 Å². The number of carbonyl (C=O) groups is 1. The molecule has 2 aromatic carbocycles. The molecule has 1 amide bonds. The molecule has 0 saturated carbocycles. The van der Waals surface area contributed by atoms with Crippen LogP contribution in [-0.4, -0.2) is 58.0 Å². The first-order chi connectivity index (χ1) is 18.3. The molecule has 208 valence electrons. The Kier molecular flexibility index (Phi) is 8.20. The molecular weight excluding hydrogens is 524 g/mol. The van der Waals surface area contributed by atoms with Crippen LogP contribution in [0.25, 0.3) is 0 Å². The van der Waals surface area contributed by atoms with Gasteiger partial charge in [-0.2, -0.15) is 26.3 Å². The third-order valence-electron chi connectivity index (χ3n) is 6.85. The topological polar surface area (TPSA) is 56.7 Å². The molecule has 1 N–H and O–H groups in total. The zero-order valence-electron chi connectivity index (χ0n) is 21.1. The summed E-state index contributed by atoms with van der Waals surface area (Å²) < 4.78 is 80.6. The van der Waals surface area contributed by atoms with Crippen molar-refractivity contribution < 1.29 is 36.2 Å². The predicted molar refractivity (Wildman–Crippen MR) is 132 cm³/mol. The standard InChI is InChI=1S/C28H27F6N3O2/c1-18-4-5-20(12-25(18)38)11-24-17-36(8-6-19-3-2-7-35-16-19)9-10-37(24)26(39)21-13-22(27(29,30)31)15-23(14-21)28(32,33)34/h2-5,7,12-16,24,38H,6,8-11,17H2,1H3/t24-/m1/s1. The fraction of sp³-hybridized carbons (Fsp3) is 0.357. The zero-order valence-corrected chi connectivity index (χ0v) is 21.1. The Bertz CT molecular complexity index is 1280. The van der Waals surface area contributed by atoms with Crippen LogP contribution in [0.3, 0.4) is 0 Å². The minimum absolute atomic E-state index is 0.0136. The van der Waals surface area contributed by atoms with Crippen molar-refractivity contribution in [2.45, 2.75) is 38.2 Å². The molecule has 1 aliphatic rings. The van der Waals surface area contributed by atoms with E-state index in [1.54, 1.807) is 37.5 Å². The van der Waals surface area contributed by atoms with E-state index in [1.807, 2.05) is 12.1 Å². The average Bonchev–Trinajstić information content (AvgIpc) is 2.89. The fourth-order valence-electron chi connectivity index (χ4n) is 4.70. The highest BCUT2D eigenvalue weighted by molar-refractivity contribution is 5.95. The Labute approximate surface area is 221 Å². The van der Waals surface area contributed by atoms with Crippen LogP contribution in [0.5, 0.6) is 5.75 Å². The van der Waals surface area contributed by atoms with Gasteiger partial charge in [0.2, 0.25) is 0 Å². The molecule has 0 aliphatic carbocycles. The molecule has 11 heteroatoms. The summed E-state index contributed by atoms with van der Waals surface area (Å²) in [6.07, 6.45) is -5.76. The minimum Gasteiger partial charge on any atom is -0.508 e.